The first-order valence-corrected chi connectivity index (χ1v) is 9.32. The number of hydrogen-bond donors (Lipinski definition) is 0. The van der Waals surface area contributed by atoms with E-state index in [-0.39, 0.29) is 0 Å². The Hall–Kier alpha value is 0.0569. The van der Waals surface area contributed by atoms with Crippen LogP contribution in [0.5, 0.6) is 0 Å². The first-order valence-electron chi connectivity index (χ1n) is 6.79. The van der Waals surface area contributed by atoms with Crippen molar-refractivity contribution in [3.63, 3.8) is 0 Å². The second-order valence-electron chi connectivity index (χ2n) is 5.66. The molecule has 0 atom stereocenters. The van der Waals surface area contributed by atoms with Crippen LogP contribution in [0.15, 0.2) is 0 Å². The van der Waals surface area contributed by atoms with E-state index in [1.807, 2.05) is 0 Å². The van der Waals surface area contributed by atoms with E-state index >= 15 is 0 Å². The molecule has 0 aromatic rings. The second kappa shape index (κ2) is 7.60. The van der Waals surface area contributed by atoms with Crippen molar-refractivity contribution in [2.24, 2.45) is 5.41 Å². The van der Waals surface area contributed by atoms with E-state index in [4.69, 9.17) is 18.3 Å². The van der Waals surface area contributed by atoms with Gasteiger partial charge in [-0.05, 0) is 31.9 Å². The summed E-state index contributed by atoms with van der Waals surface area (Å²) >= 11 is 0. The SMILES string of the molecule is CO[Si](C)(CCCOCCCC1(C)COC1)OC. The van der Waals surface area contributed by atoms with Crippen molar-refractivity contribution >= 4 is 8.56 Å². The first kappa shape index (κ1) is 16.1. The van der Waals surface area contributed by atoms with Gasteiger partial charge in [-0.25, -0.2) is 0 Å². The fraction of sp³-hybridized carbons (Fsp3) is 1.00. The molecule has 5 heteroatoms. The van der Waals surface area contributed by atoms with Crippen molar-refractivity contribution in [2.75, 3.05) is 40.6 Å². The zero-order chi connectivity index (χ0) is 13.5. The molecule has 1 rings (SSSR count). The molecule has 1 heterocycles. The summed E-state index contributed by atoms with van der Waals surface area (Å²) in [5.74, 6) is 0. The van der Waals surface area contributed by atoms with Gasteiger partial charge in [0.05, 0.1) is 13.2 Å². The van der Waals surface area contributed by atoms with Crippen molar-refractivity contribution < 1.29 is 18.3 Å². The standard InChI is InChI=1S/C13H28O4Si/c1-13(11-17-12-13)7-5-8-16-9-6-10-18(4,14-2)15-3/h5-12H2,1-4H3. The quantitative estimate of drug-likeness (QED) is 0.454. The molecule has 0 saturated carbocycles. The summed E-state index contributed by atoms with van der Waals surface area (Å²) < 4.78 is 21.7. The van der Waals surface area contributed by atoms with Crippen LogP contribution in [-0.4, -0.2) is 49.2 Å². The lowest BCUT2D eigenvalue weighted by Gasteiger charge is -2.38. The molecule has 0 N–H and O–H groups in total. The van der Waals surface area contributed by atoms with Crippen LogP contribution in [0.2, 0.25) is 12.6 Å². The van der Waals surface area contributed by atoms with Crippen LogP contribution < -0.4 is 0 Å². The van der Waals surface area contributed by atoms with Crippen molar-refractivity contribution in [1.82, 2.24) is 0 Å². The van der Waals surface area contributed by atoms with Gasteiger partial charge in [0, 0.05) is 32.8 Å². The fourth-order valence-corrected chi connectivity index (χ4v) is 3.44. The maximum atomic E-state index is 5.65. The molecule has 4 nitrogen and oxygen atoms in total. The summed E-state index contributed by atoms with van der Waals surface area (Å²) in [7, 11) is 1.58. The van der Waals surface area contributed by atoms with Crippen LogP contribution >= 0.6 is 0 Å². The lowest BCUT2D eigenvalue weighted by atomic mass is 9.84. The van der Waals surface area contributed by atoms with Crippen molar-refractivity contribution in [3.8, 4) is 0 Å². The summed E-state index contributed by atoms with van der Waals surface area (Å²) in [6, 6.07) is 0.992. The smallest absolute Gasteiger partial charge is 0.334 e. The lowest BCUT2D eigenvalue weighted by Crippen LogP contribution is -2.39. The van der Waals surface area contributed by atoms with Crippen LogP contribution in [0, 0.1) is 5.41 Å². The zero-order valence-electron chi connectivity index (χ0n) is 12.3. The largest absolute Gasteiger partial charge is 0.398 e. The van der Waals surface area contributed by atoms with E-state index in [9.17, 15) is 0 Å². The minimum atomic E-state index is -1.89. The third-order valence-electron chi connectivity index (χ3n) is 3.75. The van der Waals surface area contributed by atoms with E-state index in [0.717, 1.165) is 45.3 Å². The average molecular weight is 276 g/mol. The monoisotopic (exact) mass is 276 g/mol. The van der Waals surface area contributed by atoms with E-state index in [0.29, 0.717) is 5.41 Å². The number of hydrogen-bond acceptors (Lipinski definition) is 4. The topological polar surface area (TPSA) is 36.9 Å². The van der Waals surface area contributed by atoms with Crippen LogP contribution in [0.25, 0.3) is 0 Å². The molecule has 1 saturated heterocycles. The normalized spacial score (nSPS) is 18.7. The molecule has 0 aromatic heterocycles. The van der Waals surface area contributed by atoms with E-state index in [1.54, 1.807) is 14.2 Å². The van der Waals surface area contributed by atoms with Crippen LogP contribution in [-0.2, 0) is 18.3 Å². The van der Waals surface area contributed by atoms with Gasteiger partial charge in [0.15, 0.2) is 0 Å². The molecule has 0 bridgehead atoms. The highest BCUT2D eigenvalue weighted by Gasteiger charge is 2.32. The van der Waals surface area contributed by atoms with Gasteiger partial charge in [-0.15, -0.1) is 0 Å². The first-order chi connectivity index (χ1) is 8.54. The van der Waals surface area contributed by atoms with Gasteiger partial charge in [-0.3, -0.25) is 0 Å². The van der Waals surface area contributed by atoms with Crippen LogP contribution in [0.3, 0.4) is 0 Å². The highest BCUT2D eigenvalue weighted by atomic mass is 28.4. The maximum Gasteiger partial charge on any atom is 0.334 e. The lowest BCUT2D eigenvalue weighted by molar-refractivity contribution is -0.108. The third kappa shape index (κ3) is 5.36. The minimum Gasteiger partial charge on any atom is -0.398 e. The Morgan fingerprint density at radius 2 is 1.72 bits per heavy atom. The molecule has 0 aromatic carbocycles. The molecule has 1 aliphatic rings. The molecular weight excluding hydrogens is 248 g/mol. The predicted octanol–water partition coefficient (Wildman–Crippen LogP) is 2.57. The number of rotatable bonds is 10. The Labute approximate surface area is 112 Å². The molecule has 0 unspecified atom stereocenters. The average Bonchev–Trinajstić information content (AvgIpc) is 2.35. The van der Waals surface area contributed by atoms with Gasteiger partial charge in [-0.1, -0.05) is 6.92 Å². The van der Waals surface area contributed by atoms with Gasteiger partial charge in [0.2, 0.25) is 0 Å². The van der Waals surface area contributed by atoms with Gasteiger partial charge in [-0.2, -0.15) is 0 Å². The Balaban J connectivity index is 1.92. The van der Waals surface area contributed by atoms with Gasteiger partial charge < -0.3 is 18.3 Å². The zero-order valence-corrected chi connectivity index (χ0v) is 13.3. The molecule has 1 fully saturated rings. The van der Waals surface area contributed by atoms with E-state index in [1.165, 1.54) is 6.42 Å². The molecule has 0 amide bonds. The number of ether oxygens (including phenoxy) is 2. The van der Waals surface area contributed by atoms with Crippen molar-refractivity contribution in [3.05, 3.63) is 0 Å². The van der Waals surface area contributed by atoms with E-state index in [2.05, 4.69) is 13.5 Å². The molecule has 108 valence electrons. The Morgan fingerprint density at radius 1 is 1.11 bits per heavy atom. The van der Waals surface area contributed by atoms with Crippen LogP contribution in [0.4, 0.5) is 0 Å². The van der Waals surface area contributed by atoms with Crippen molar-refractivity contribution in [2.45, 2.75) is 38.8 Å². The molecule has 18 heavy (non-hydrogen) atoms. The Bertz CT molecular complexity index is 227. The van der Waals surface area contributed by atoms with Crippen LogP contribution in [0.1, 0.15) is 26.2 Å². The summed E-state index contributed by atoms with van der Waals surface area (Å²) in [5, 5.41) is 0. The summed E-state index contributed by atoms with van der Waals surface area (Å²) in [4.78, 5) is 0. The summed E-state index contributed by atoms with van der Waals surface area (Å²) in [6.45, 7) is 7.86. The minimum absolute atomic E-state index is 0.418. The van der Waals surface area contributed by atoms with Gasteiger partial charge in [0.1, 0.15) is 0 Å². The molecule has 0 aliphatic carbocycles. The Kier molecular flexibility index (Phi) is 6.80. The summed E-state index contributed by atoms with van der Waals surface area (Å²) in [6.07, 6.45) is 3.35. The molecular formula is C13H28O4Si. The van der Waals surface area contributed by atoms with Crippen molar-refractivity contribution in [1.29, 1.82) is 0 Å². The third-order valence-corrected chi connectivity index (χ3v) is 6.74. The second-order valence-corrected chi connectivity index (χ2v) is 9.25. The molecule has 1 aliphatic heterocycles. The Morgan fingerprint density at radius 3 is 2.22 bits per heavy atom. The summed E-state index contributed by atoms with van der Waals surface area (Å²) in [5.41, 5.74) is 0.418. The molecule has 0 spiro atoms. The van der Waals surface area contributed by atoms with E-state index < -0.39 is 8.56 Å². The van der Waals surface area contributed by atoms with Gasteiger partial charge >= 0.3 is 8.56 Å². The molecule has 0 radical (unpaired) electrons. The predicted molar refractivity (Wildman–Crippen MR) is 74.0 cm³/mol. The highest BCUT2D eigenvalue weighted by Crippen LogP contribution is 2.31. The highest BCUT2D eigenvalue weighted by molar-refractivity contribution is 6.65. The maximum absolute atomic E-state index is 5.65. The fourth-order valence-electron chi connectivity index (χ4n) is 2.08. The van der Waals surface area contributed by atoms with Gasteiger partial charge in [0.25, 0.3) is 0 Å².